The van der Waals surface area contributed by atoms with Crippen LogP contribution in [0.4, 0.5) is 0 Å². The molecule has 0 aromatic rings. The van der Waals surface area contributed by atoms with Crippen molar-refractivity contribution in [2.45, 2.75) is 45.6 Å². The summed E-state index contributed by atoms with van der Waals surface area (Å²) in [5, 5.41) is 11.5. The highest BCUT2D eigenvalue weighted by molar-refractivity contribution is 5.87. The van der Waals surface area contributed by atoms with E-state index in [0.717, 1.165) is 12.8 Å². The molecule has 0 aromatic carbocycles. The summed E-state index contributed by atoms with van der Waals surface area (Å²) in [6.07, 6.45) is 5.41. The van der Waals surface area contributed by atoms with Gasteiger partial charge in [0.25, 0.3) is 0 Å². The zero-order valence-electron chi connectivity index (χ0n) is 13.5. The van der Waals surface area contributed by atoms with Crippen LogP contribution in [0.3, 0.4) is 0 Å². The van der Waals surface area contributed by atoms with Gasteiger partial charge in [-0.3, -0.25) is 0 Å². The molecule has 0 bridgehead atoms. The molecule has 0 amide bonds. The summed E-state index contributed by atoms with van der Waals surface area (Å²) in [6.45, 7) is 7.98. The average Bonchev–Trinajstić information content (AvgIpc) is 2.47. The maximum Gasteiger partial charge on any atom is 0.333 e. The van der Waals surface area contributed by atoms with E-state index in [2.05, 4.69) is 11.9 Å². The minimum Gasteiger partial charge on any atom is -0.462 e. The summed E-state index contributed by atoms with van der Waals surface area (Å²) in [6, 6.07) is 0. The summed E-state index contributed by atoms with van der Waals surface area (Å²) in [7, 11) is 0. The second-order valence-electron chi connectivity index (χ2n) is 4.92. The molecule has 0 aliphatic rings. The molecular weight excluding hydrogens is 286 g/mol. The molecule has 126 valence electrons. The van der Waals surface area contributed by atoms with Gasteiger partial charge in [0.2, 0.25) is 0 Å². The summed E-state index contributed by atoms with van der Waals surface area (Å²) in [5.74, 6) is -0.832. The molecule has 0 aromatic heterocycles. The van der Waals surface area contributed by atoms with E-state index in [1.54, 1.807) is 6.92 Å². The van der Waals surface area contributed by atoms with Gasteiger partial charge in [0.15, 0.2) is 0 Å². The van der Waals surface area contributed by atoms with Gasteiger partial charge in [-0.05, 0) is 13.3 Å². The highest BCUT2D eigenvalue weighted by Crippen LogP contribution is 2.09. The lowest BCUT2D eigenvalue weighted by atomic mass is 10.1. The fraction of sp³-hybridized carbons (Fsp3) is 0.625. The van der Waals surface area contributed by atoms with Gasteiger partial charge in [0, 0.05) is 43.8 Å². The van der Waals surface area contributed by atoms with Crippen molar-refractivity contribution >= 4 is 11.9 Å². The number of aliphatic hydroxyl groups excluding tert-OH is 1. The molecule has 0 aliphatic heterocycles. The zero-order valence-corrected chi connectivity index (χ0v) is 13.5. The van der Waals surface area contributed by atoms with E-state index >= 15 is 0 Å². The standard InChI is InChI=1S/C16H27NO5/c1-4-6-14(22-16(20)13(2)3)7-9-17-10-8-15(19)21-12-5-11-18/h8,10,14,17-18H,2,4-7,9,11-12H2,1,3H3. The van der Waals surface area contributed by atoms with Crippen molar-refractivity contribution in [2.75, 3.05) is 19.8 Å². The van der Waals surface area contributed by atoms with E-state index in [1.165, 1.54) is 12.3 Å². The summed E-state index contributed by atoms with van der Waals surface area (Å²) < 4.78 is 10.2. The molecular formula is C16H27NO5. The highest BCUT2D eigenvalue weighted by Gasteiger charge is 2.13. The summed E-state index contributed by atoms with van der Waals surface area (Å²) >= 11 is 0. The van der Waals surface area contributed by atoms with Gasteiger partial charge in [0.05, 0.1) is 6.61 Å². The Kier molecular flexibility index (Phi) is 11.8. The number of ether oxygens (including phenoxy) is 2. The number of hydrogen-bond donors (Lipinski definition) is 2. The van der Waals surface area contributed by atoms with Crippen LogP contribution in [0.15, 0.2) is 24.4 Å². The molecule has 0 saturated carbocycles. The van der Waals surface area contributed by atoms with Crippen molar-refractivity contribution in [2.24, 2.45) is 0 Å². The van der Waals surface area contributed by atoms with Crippen LogP contribution in [0.5, 0.6) is 0 Å². The van der Waals surface area contributed by atoms with Crippen molar-refractivity contribution in [3.8, 4) is 0 Å². The van der Waals surface area contributed by atoms with E-state index in [1.807, 2.05) is 6.92 Å². The molecule has 0 rings (SSSR count). The van der Waals surface area contributed by atoms with Crippen LogP contribution < -0.4 is 5.32 Å². The monoisotopic (exact) mass is 313 g/mol. The van der Waals surface area contributed by atoms with Crippen LogP contribution in [0.25, 0.3) is 0 Å². The van der Waals surface area contributed by atoms with E-state index in [0.29, 0.717) is 25.0 Å². The van der Waals surface area contributed by atoms with E-state index in [4.69, 9.17) is 14.6 Å². The quantitative estimate of drug-likeness (QED) is 0.324. The third kappa shape index (κ3) is 10.9. The van der Waals surface area contributed by atoms with Crippen molar-refractivity contribution in [3.05, 3.63) is 24.4 Å². The number of esters is 2. The first kappa shape index (κ1) is 20.2. The van der Waals surface area contributed by atoms with Gasteiger partial charge in [-0.25, -0.2) is 9.59 Å². The Hall–Kier alpha value is -1.82. The van der Waals surface area contributed by atoms with Gasteiger partial charge >= 0.3 is 11.9 Å². The Morgan fingerprint density at radius 1 is 1.36 bits per heavy atom. The molecule has 22 heavy (non-hydrogen) atoms. The third-order valence-electron chi connectivity index (χ3n) is 2.73. The Morgan fingerprint density at radius 3 is 2.68 bits per heavy atom. The first-order valence-corrected chi connectivity index (χ1v) is 7.55. The van der Waals surface area contributed by atoms with E-state index in [9.17, 15) is 9.59 Å². The van der Waals surface area contributed by atoms with Gasteiger partial charge in [-0.1, -0.05) is 19.9 Å². The van der Waals surface area contributed by atoms with Crippen molar-refractivity contribution in [1.29, 1.82) is 0 Å². The number of carbonyl (C=O) groups is 2. The molecule has 0 radical (unpaired) electrons. The molecule has 6 nitrogen and oxygen atoms in total. The fourth-order valence-corrected chi connectivity index (χ4v) is 1.58. The maximum absolute atomic E-state index is 11.5. The third-order valence-corrected chi connectivity index (χ3v) is 2.73. The molecule has 0 aliphatic carbocycles. The Balaban J connectivity index is 3.95. The SMILES string of the molecule is C=C(C)C(=O)OC(CCC)CCNC=CC(=O)OCCCO. The molecule has 2 N–H and O–H groups in total. The van der Waals surface area contributed by atoms with E-state index < -0.39 is 5.97 Å². The number of aliphatic hydroxyl groups is 1. The normalized spacial score (nSPS) is 12.0. The predicted molar refractivity (Wildman–Crippen MR) is 84.0 cm³/mol. The minimum absolute atomic E-state index is 0.00301. The largest absolute Gasteiger partial charge is 0.462 e. The topological polar surface area (TPSA) is 84.9 Å². The van der Waals surface area contributed by atoms with Crippen LogP contribution >= 0.6 is 0 Å². The maximum atomic E-state index is 11.5. The van der Waals surface area contributed by atoms with Gasteiger partial charge < -0.3 is 19.9 Å². The molecule has 0 heterocycles. The highest BCUT2D eigenvalue weighted by atomic mass is 16.5. The lowest BCUT2D eigenvalue weighted by molar-refractivity contribution is -0.144. The Labute approximate surface area is 132 Å². The van der Waals surface area contributed by atoms with Gasteiger partial charge in [-0.15, -0.1) is 0 Å². The smallest absolute Gasteiger partial charge is 0.333 e. The number of carbonyl (C=O) groups excluding carboxylic acids is 2. The first-order chi connectivity index (χ1) is 10.5. The number of nitrogens with one attached hydrogen (secondary N) is 1. The van der Waals surface area contributed by atoms with Crippen LogP contribution in [-0.4, -0.2) is 42.9 Å². The molecule has 0 spiro atoms. The Bertz CT molecular complexity index is 379. The second-order valence-corrected chi connectivity index (χ2v) is 4.92. The molecule has 6 heteroatoms. The van der Waals surface area contributed by atoms with Crippen molar-refractivity contribution in [3.63, 3.8) is 0 Å². The van der Waals surface area contributed by atoms with Crippen LogP contribution in [0.1, 0.15) is 39.5 Å². The Morgan fingerprint density at radius 2 is 2.09 bits per heavy atom. The first-order valence-electron chi connectivity index (χ1n) is 7.55. The molecule has 0 fully saturated rings. The fourth-order valence-electron chi connectivity index (χ4n) is 1.58. The van der Waals surface area contributed by atoms with Crippen molar-refractivity contribution < 1.29 is 24.2 Å². The molecule has 0 saturated heterocycles. The lowest BCUT2D eigenvalue weighted by Crippen LogP contribution is -2.23. The summed E-state index contributed by atoms with van der Waals surface area (Å²) in [4.78, 5) is 22.7. The lowest BCUT2D eigenvalue weighted by Gasteiger charge is -2.17. The van der Waals surface area contributed by atoms with Crippen LogP contribution in [0, 0.1) is 0 Å². The molecule has 1 unspecified atom stereocenters. The zero-order chi connectivity index (χ0) is 16.8. The van der Waals surface area contributed by atoms with Crippen LogP contribution in [-0.2, 0) is 19.1 Å². The molecule has 1 atom stereocenters. The number of hydrogen-bond acceptors (Lipinski definition) is 6. The van der Waals surface area contributed by atoms with E-state index in [-0.39, 0.29) is 25.3 Å². The van der Waals surface area contributed by atoms with Gasteiger partial charge in [-0.2, -0.15) is 0 Å². The van der Waals surface area contributed by atoms with Crippen LogP contribution in [0.2, 0.25) is 0 Å². The average molecular weight is 313 g/mol. The minimum atomic E-state index is -0.459. The predicted octanol–water partition coefficient (Wildman–Crippen LogP) is 1.69. The second kappa shape index (κ2) is 12.9. The summed E-state index contributed by atoms with van der Waals surface area (Å²) in [5.41, 5.74) is 0.389. The van der Waals surface area contributed by atoms with Gasteiger partial charge in [0.1, 0.15) is 6.10 Å². The van der Waals surface area contributed by atoms with Crippen molar-refractivity contribution in [1.82, 2.24) is 5.32 Å². The number of rotatable bonds is 12.